The summed E-state index contributed by atoms with van der Waals surface area (Å²) in [5, 5.41) is 0. The first-order valence-corrected chi connectivity index (χ1v) is 9.55. The number of ether oxygens (including phenoxy) is 1. The molecular weight excluding hydrogens is 333 g/mol. The minimum Gasteiger partial charge on any atom is -0.444 e. The largest absolute Gasteiger partial charge is 0.444 e. The Balaban J connectivity index is 1.56. The van der Waals surface area contributed by atoms with Crippen molar-refractivity contribution in [2.24, 2.45) is 0 Å². The van der Waals surface area contributed by atoms with Gasteiger partial charge in [0.15, 0.2) is 0 Å². The zero-order valence-electron chi connectivity index (χ0n) is 16.1. The quantitative estimate of drug-likeness (QED) is 0.824. The zero-order valence-corrected chi connectivity index (χ0v) is 16.1. The molecule has 2 saturated heterocycles. The number of likely N-dealkylation sites (tertiary alicyclic amines) is 1. The number of hydrogen-bond acceptors (Lipinski definition) is 4. The van der Waals surface area contributed by atoms with Gasteiger partial charge in [0.2, 0.25) is 0 Å². The summed E-state index contributed by atoms with van der Waals surface area (Å²) in [7, 11) is 0. The second-order valence-electron chi connectivity index (χ2n) is 8.22. The van der Waals surface area contributed by atoms with Gasteiger partial charge in [-0.1, -0.05) is 6.07 Å². The molecule has 144 valence electrons. The number of amides is 1. The molecule has 0 unspecified atom stereocenters. The van der Waals surface area contributed by atoms with Crippen LogP contribution >= 0.6 is 0 Å². The van der Waals surface area contributed by atoms with E-state index in [2.05, 4.69) is 4.90 Å². The van der Waals surface area contributed by atoms with E-state index in [1.165, 1.54) is 12.8 Å². The lowest BCUT2D eigenvalue weighted by molar-refractivity contribution is 0.0240. The molecule has 3 rings (SSSR count). The highest BCUT2D eigenvalue weighted by Crippen LogP contribution is 2.24. The smallest absolute Gasteiger partial charge is 0.410 e. The van der Waals surface area contributed by atoms with Crippen molar-refractivity contribution in [3.05, 3.63) is 29.6 Å². The summed E-state index contributed by atoms with van der Waals surface area (Å²) in [6.45, 7) is 10.9. The average Bonchev–Trinajstić information content (AvgIpc) is 3.07. The first kappa shape index (κ1) is 19.0. The molecule has 2 aliphatic heterocycles. The lowest BCUT2D eigenvalue weighted by Gasteiger charge is -2.37. The van der Waals surface area contributed by atoms with Crippen LogP contribution in [0, 0.1) is 5.82 Å². The molecule has 0 atom stereocenters. The highest BCUT2D eigenvalue weighted by atomic mass is 19.1. The topological polar surface area (TPSA) is 36.0 Å². The van der Waals surface area contributed by atoms with Crippen molar-refractivity contribution < 1.29 is 13.9 Å². The Labute approximate surface area is 155 Å². The van der Waals surface area contributed by atoms with E-state index in [9.17, 15) is 9.18 Å². The van der Waals surface area contributed by atoms with Crippen LogP contribution in [0.4, 0.5) is 14.9 Å². The van der Waals surface area contributed by atoms with Gasteiger partial charge >= 0.3 is 6.09 Å². The van der Waals surface area contributed by atoms with Gasteiger partial charge < -0.3 is 14.5 Å². The van der Waals surface area contributed by atoms with E-state index in [0.29, 0.717) is 31.9 Å². The summed E-state index contributed by atoms with van der Waals surface area (Å²) in [6.07, 6.45) is 2.18. The number of rotatable bonds is 3. The standard InChI is InChI=1S/C20H30FN3O2/c1-20(2,3)26-19(25)24-12-10-23(11-13-24)18-7-6-16(14-17(18)21)15-22-8-4-5-9-22/h6-7,14H,4-5,8-13,15H2,1-3H3. The van der Waals surface area contributed by atoms with Crippen LogP contribution in [0.15, 0.2) is 18.2 Å². The molecule has 1 aromatic carbocycles. The maximum absolute atomic E-state index is 14.6. The fourth-order valence-electron chi connectivity index (χ4n) is 3.56. The van der Waals surface area contributed by atoms with Gasteiger partial charge in [-0.2, -0.15) is 0 Å². The monoisotopic (exact) mass is 363 g/mol. The van der Waals surface area contributed by atoms with Crippen LogP contribution in [0.25, 0.3) is 0 Å². The molecule has 26 heavy (non-hydrogen) atoms. The van der Waals surface area contributed by atoms with Crippen molar-refractivity contribution >= 4 is 11.8 Å². The molecule has 2 heterocycles. The fourth-order valence-corrected chi connectivity index (χ4v) is 3.56. The third kappa shape index (κ3) is 4.87. The van der Waals surface area contributed by atoms with Crippen LogP contribution in [0.1, 0.15) is 39.2 Å². The number of halogens is 1. The second-order valence-corrected chi connectivity index (χ2v) is 8.22. The van der Waals surface area contributed by atoms with E-state index in [-0.39, 0.29) is 11.9 Å². The molecule has 0 radical (unpaired) electrons. The number of carbonyl (C=O) groups is 1. The van der Waals surface area contributed by atoms with Crippen LogP contribution in [0.5, 0.6) is 0 Å². The maximum Gasteiger partial charge on any atom is 0.410 e. The number of nitrogens with zero attached hydrogens (tertiary/aromatic N) is 3. The van der Waals surface area contributed by atoms with Crippen LogP contribution in [-0.2, 0) is 11.3 Å². The fraction of sp³-hybridized carbons (Fsp3) is 0.650. The Morgan fingerprint density at radius 2 is 1.73 bits per heavy atom. The Bertz CT molecular complexity index is 630. The number of piperazine rings is 1. The van der Waals surface area contributed by atoms with Crippen molar-refractivity contribution in [2.45, 2.75) is 45.8 Å². The summed E-state index contributed by atoms with van der Waals surface area (Å²) in [5.41, 5.74) is 1.16. The Morgan fingerprint density at radius 3 is 2.31 bits per heavy atom. The summed E-state index contributed by atoms with van der Waals surface area (Å²) >= 11 is 0. The molecular formula is C20H30FN3O2. The molecule has 0 spiro atoms. The molecule has 1 amide bonds. The van der Waals surface area contributed by atoms with Crippen molar-refractivity contribution in [1.29, 1.82) is 0 Å². The van der Waals surface area contributed by atoms with Gasteiger partial charge in [-0.05, 0) is 64.4 Å². The number of carbonyl (C=O) groups excluding carboxylic acids is 1. The molecule has 0 N–H and O–H groups in total. The first-order chi connectivity index (χ1) is 12.3. The Hall–Kier alpha value is -1.82. The summed E-state index contributed by atoms with van der Waals surface area (Å²) in [5.74, 6) is -0.174. The zero-order chi connectivity index (χ0) is 18.7. The van der Waals surface area contributed by atoms with Gasteiger partial charge in [-0.25, -0.2) is 9.18 Å². The molecule has 2 fully saturated rings. The van der Waals surface area contributed by atoms with Crippen LogP contribution in [-0.4, -0.2) is 60.8 Å². The van der Waals surface area contributed by atoms with E-state index >= 15 is 0 Å². The molecule has 1 aromatic rings. The molecule has 5 nitrogen and oxygen atoms in total. The molecule has 0 aliphatic carbocycles. The predicted molar refractivity (Wildman–Crippen MR) is 101 cm³/mol. The summed E-state index contributed by atoms with van der Waals surface area (Å²) < 4.78 is 20.0. The Morgan fingerprint density at radius 1 is 1.08 bits per heavy atom. The molecule has 0 aromatic heterocycles. The number of benzene rings is 1. The maximum atomic E-state index is 14.6. The van der Waals surface area contributed by atoms with Crippen molar-refractivity contribution in [2.75, 3.05) is 44.2 Å². The SMILES string of the molecule is CC(C)(C)OC(=O)N1CCN(c2ccc(CN3CCCC3)cc2F)CC1. The number of hydrogen-bond donors (Lipinski definition) is 0. The molecule has 0 saturated carbocycles. The van der Waals surface area contributed by atoms with Crippen LogP contribution in [0.2, 0.25) is 0 Å². The average molecular weight is 363 g/mol. The van der Waals surface area contributed by atoms with Gasteiger partial charge in [0.25, 0.3) is 0 Å². The Kier molecular flexibility index (Phi) is 5.70. The van der Waals surface area contributed by atoms with E-state index in [1.54, 1.807) is 11.0 Å². The highest BCUT2D eigenvalue weighted by Gasteiger charge is 2.26. The van der Waals surface area contributed by atoms with Crippen LogP contribution < -0.4 is 4.90 Å². The lowest BCUT2D eigenvalue weighted by Crippen LogP contribution is -2.50. The molecule has 0 bridgehead atoms. The molecule has 6 heteroatoms. The molecule has 2 aliphatic rings. The predicted octanol–water partition coefficient (Wildman–Crippen LogP) is 3.48. The minimum atomic E-state index is -0.495. The third-order valence-corrected chi connectivity index (χ3v) is 4.89. The highest BCUT2D eigenvalue weighted by molar-refractivity contribution is 5.68. The minimum absolute atomic E-state index is 0.174. The van der Waals surface area contributed by atoms with Gasteiger partial charge in [0, 0.05) is 32.7 Å². The van der Waals surface area contributed by atoms with Crippen molar-refractivity contribution in [3.8, 4) is 0 Å². The van der Waals surface area contributed by atoms with Crippen molar-refractivity contribution in [3.63, 3.8) is 0 Å². The lowest BCUT2D eigenvalue weighted by atomic mass is 10.1. The van der Waals surface area contributed by atoms with Gasteiger partial charge in [0.05, 0.1) is 5.69 Å². The summed E-state index contributed by atoms with van der Waals surface area (Å²) in [6, 6.07) is 5.56. The van der Waals surface area contributed by atoms with E-state index in [1.807, 2.05) is 37.8 Å². The number of anilines is 1. The van der Waals surface area contributed by atoms with E-state index in [4.69, 9.17) is 4.74 Å². The first-order valence-electron chi connectivity index (χ1n) is 9.55. The van der Waals surface area contributed by atoms with Crippen molar-refractivity contribution in [1.82, 2.24) is 9.80 Å². The van der Waals surface area contributed by atoms with E-state index in [0.717, 1.165) is 25.2 Å². The summed E-state index contributed by atoms with van der Waals surface area (Å²) in [4.78, 5) is 18.2. The third-order valence-electron chi connectivity index (χ3n) is 4.89. The van der Waals surface area contributed by atoms with Crippen LogP contribution in [0.3, 0.4) is 0 Å². The van der Waals surface area contributed by atoms with Gasteiger partial charge in [0.1, 0.15) is 11.4 Å². The van der Waals surface area contributed by atoms with E-state index < -0.39 is 5.60 Å². The second kappa shape index (κ2) is 7.82. The van der Waals surface area contributed by atoms with Gasteiger partial charge in [-0.15, -0.1) is 0 Å². The normalized spacial score (nSPS) is 19.1. The van der Waals surface area contributed by atoms with Gasteiger partial charge in [-0.3, -0.25) is 4.90 Å².